The van der Waals surface area contributed by atoms with Crippen LogP contribution in [0.4, 0.5) is 0 Å². The number of allylic oxidation sites excluding steroid dienone is 8. The van der Waals surface area contributed by atoms with Crippen LogP contribution in [0, 0.1) is 34.8 Å². The fourth-order valence-electron chi connectivity index (χ4n) is 7.83. The van der Waals surface area contributed by atoms with E-state index in [0.29, 0.717) is 0 Å². The Bertz CT molecular complexity index is 665. The predicted octanol–water partition coefficient (Wildman–Crippen LogP) is 2.25. The van der Waals surface area contributed by atoms with Gasteiger partial charge in [0.1, 0.15) is 0 Å². The molecule has 0 nitrogen and oxygen atoms in total. The van der Waals surface area contributed by atoms with Crippen molar-refractivity contribution in [3.8, 4) is 0 Å². The second-order valence-electron chi connectivity index (χ2n) is 11.0. The Morgan fingerprint density at radius 3 is 1.30 bits per heavy atom. The maximum Gasteiger partial charge on any atom is 4.00 e. The van der Waals surface area contributed by atoms with Gasteiger partial charge in [-0.05, 0) is 11.8 Å². The molecule has 0 aromatic heterocycles. The maximum atomic E-state index is 2.50. The van der Waals surface area contributed by atoms with Gasteiger partial charge in [-0.25, -0.2) is 0 Å². The molecule has 2 heterocycles. The van der Waals surface area contributed by atoms with Crippen LogP contribution in [0.5, 0.6) is 0 Å². The van der Waals surface area contributed by atoms with E-state index in [9.17, 15) is 0 Å². The van der Waals surface area contributed by atoms with Crippen molar-refractivity contribution in [3.63, 3.8) is 0 Å². The number of rotatable bonds is 4. The summed E-state index contributed by atoms with van der Waals surface area (Å²) >= 11 is 0. The van der Waals surface area contributed by atoms with Gasteiger partial charge in [-0.1, -0.05) is 128 Å². The minimum Gasteiger partial charge on any atom is -1.00 e. The molecule has 0 radical (unpaired) electrons. The smallest absolute Gasteiger partial charge is 1.00 e. The molecule has 5 heteroatoms. The molecule has 0 N–H and O–H groups in total. The number of fused-ring (bicyclic) bond motifs is 2. The van der Waals surface area contributed by atoms with Crippen LogP contribution in [0.2, 0.25) is 36.3 Å². The molecule has 6 rings (SSSR count). The molecular formula is C28H42Cl2HfSi2. The Morgan fingerprint density at radius 2 is 1.00 bits per heavy atom. The predicted molar refractivity (Wildman–Crippen MR) is 136 cm³/mol. The van der Waals surface area contributed by atoms with Crippen molar-refractivity contribution in [2.24, 2.45) is 23.7 Å². The van der Waals surface area contributed by atoms with E-state index in [0.717, 1.165) is 23.7 Å². The average molecular weight is 684 g/mol. The van der Waals surface area contributed by atoms with E-state index in [1.54, 1.807) is 24.2 Å². The van der Waals surface area contributed by atoms with Crippen molar-refractivity contribution in [2.45, 2.75) is 88.6 Å². The zero-order valence-corrected chi connectivity index (χ0v) is 27.8. The first-order valence-corrected chi connectivity index (χ1v) is 18.4. The molecule has 0 aromatic carbocycles. The standard InChI is InChI=1S/2C14H21Si.2ClH.Hf/c2*1-2-15(10-5-11-15)14-9-8-12-6-3-4-7-13(12)14;;;/h2*3-4,6-7,12-13H,2,5,8-11H2,1H3;2*1H;/q2*-1;;;+4/p-2. The maximum absolute atomic E-state index is 2.50. The third-order valence-corrected chi connectivity index (χ3v) is 22.0. The topological polar surface area (TPSA) is 0 Å². The van der Waals surface area contributed by atoms with Crippen molar-refractivity contribution < 1.29 is 50.7 Å². The fraction of sp³-hybridized carbons (Fsp3) is 0.643. The second kappa shape index (κ2) is 12.9. The molecule has 4 aliphatic carbocycles. The number of hydrogen-bond acceptors (Lipinski definition) is 0. The second-order valence-corrected chi connectivity index (χ2v) is 20.8. The first kappa shape index (κ1) is 30.1. The molecule has 4 unspecified atom stereocenters. The van der Waals surface area contributed by atoms with Gasteiger partial charge < -0.3 is 35.9 Å². The van der Waals surface area contributed by atoms with Crippen LogP contribution in [0.25, 0.3) is 0 Å². The van der Waals surface area contributed by atoms with E-state index in [1.807, 2.05) is 11.1 Å². The summed E-state index contributed by atoms with van der Waals surface area (Å²) in [5.41, 5.74) is 4.09. The van der Waals surface area contributed by atoms with Crippen molar-refractivity contribution in [2.75, 3.05) is 0 Å². The van der Waals surface area contributed by atoms with Gasteiger partial charge in [0, 0.05) is 0 Å². The molecule has 0 amide bonds. The summed E-state index contributed by atoms with van der Waals surface area (Å²) < 4.78 is 0. The first-order valence-electron chi connectivity index (χ1n) is 13.1. The SMILES string of the molecule is CC[Si]1([C-]2CCC3C=CC=CC23)CCC1.CC[Si]1([C-]2CCC3C=CC=CC23)CCC1.[Cl-].[Cl-].[Hf+4]. The van der Waals surface area contributed by atoms with Gasteiger partial charge in [0.05, 0.1) is 0 Å². The number of hydrogen-bond donors (Lipinski definition) is 0. The fourth-order valence-corrected chi connectivity index (χ4v) is 17.2. The average Bonchev–Trinajstić information content (AvgIpc) is 3.34. The van der Waals surface area contributed by atoms with Crippen molar-refractivity contribution >= 4 is 16.1 Å². The van der Waals surface area contributed by atoms with Crippen LogP contribution in [0.15, 0.2) is 48.6 Å². The zero-order chi connectivity index (χ0) is 20.6. The molecule has 0 spiro atoms. The van der Waals surface area contributed by atoms with E-state index in [4.69, 9.17) is 0 Å². The van der Waals surface area contributed by atoms with Gasteiger partial charge in [-0.3, -0.25) is 0 Å². The largest absolute Gasteiger partial charge is 4.00 e. The van der Waals surface area contributed by atoms with Gasteiger partial charge in [0.25, 0.3) is 0 Å². The van der Waals surface area contributed by atoms with Gasteiger partial charge in [0.15, 0.2) is 0 Å². The zero-order valence-electron chi connectivity index (χ0n) is 20.7. The van der Waals surface area contributed by atoms with Crippen LogP contribution in [-0.2, 0) is 25.8 Å². The molecule has 2 saturated carbocycles. The van der Waals surface area contributed by atoms with Gasteiger partial charge in [-0.2, -0.15) is 12.8 Å². The Morgan fingerprint density at radius 1 is 0.636 bits per heavy atom. The minimum absolute atomic E-state index is 0. The monoisotopic (exact) mass is 684 g/mol. The molecular weight excluding hydrogens is 642 g/mol. The van der Waals surface area contributed by atoms with Crippen LogP contribution in [0.3, 0.4) is 0 Å². The summed E-state index contributed by atoms with van der Waals surface area (Å²) in [6.07, 6.45) is 27.8. The van der Waals surface area contributed by atoms with Gasteiger partial charge in [0.2, 0.25) is 0 Å². The third kappa shape index (κ3) is 5.58. The molecule has 6 aliphatic rings. The molecule has 0 bridgehead atoms. The van der Waals surface area contributed by atoms with Gasteiger partial charge in [-0.15, -0.1) is 24.0 Å². The molecule has 2 aliphatic heterocycles. The molecule has 4 atom stereocenters. The normalized spacial score (nSPS) is 34.2. The summed E-state index contributed by atoms with van der Waals surface area (Å²) in [6, 6.07) is 9.48. The minimum atomic E-state index is -0.860. The van der Waals surface area contributed by atoms with Crippen LogP contribution >= 0.6 is 0 Å². The Labute approximate surface area is 237 Å². The number of halogens is 2. The summed E-state index contributed by atoms with van der Waals surface area (Å²) in [6.45, 7) is 4.90. The van der Waals surface area contributed by atoms with Crippen molar-refractivity contribution in [1.29, 1.82) is 0 Å². The summed E-state index contributed by atoms with van der Waals surface area (Å²) in [5.74, 6) is 3.48. The van der Waals surface area contributed by atoms with Crippen LogP contribution in [0.1, 0.15) is 52.4 Å². The molecule has 180 valence electrons. The van der Waals surface area contributed by atoms with E-state index < -0.39 is 16.1 Å². The van der Waals surface area contributed by atoms with Crippen LogP contribution < -0.4 is 24.8 Å². The Hall–Kier alpha value is 0.844. The van der Waals surface area contributed by atoms with Crippen molar-refractivity contribution in [1.82, 2.24) is 0 Å². The summed E-state index contributed by atoms with van der Waals surface area (Å²) in [7, 11) is -1.72. The third-order valence-electron chi connectivity index (χ3n) is 10.1. The molecule has 4 fully saturated rings. The summed E-state index contributed by atoms with van der Waals surface area (Å²) in [5, 5.41) is 0. The molecule has 2 saturated heterocycles. The summed E-state index contributed by atoms with van der Waals surface area (Å²) in [4.78, 5) is 0. The van der Waals surface area contributed by atoms with E-state index in [1.165, 1.54) is 50.6 Å². The van der Waals surface area contributed by atoms with E-state index >= 15 is 0 Å². The quantitative estimate of drug-likeness (QED) is 0.315. The van der Waals surface area contributed by atoms with E-state index in [2.05, 4.69) is 62.5 Å². The van der Waals surface area contributed by atoms with Crippen molar-refractivity contribution in [3.05, 3.63) is 59.7 Å². The Kier molecular flexibility index (Phi) is 11.7. The first-order chi connectivity index (χ1) is 14.7. The molecule has 0 aromatic rings. The van der Waals surface area contributed by atoms with Crippen LogP contribution in [-0.4, -0.2) is 16.1 Å². The Balaban J connectivity index is 0.000000214. The van der Waals surface area contributed by atoms with E-state index in [-0.39, 0.29) is 50.7 Å². The van der Waals surface area contributed by atoms with Gasteiger partial charge >= 0.3 is 25.8 Å². The molecule has 33 heavy (non-hydrogen) atoms.